The Kier molecular flexibility index (Phi) is 164. The third kappa shape index (κ3) is 17.8. The minimum atomic E-state index is 0. The fourth-order valence-electron chi connectivity index (χ4n) is 0. The van der Waals surface area contributed by atoms with Crippen molar-refractivity contribution >= 4 is 13.5 Å². The van der Waals surface area contributed by atoms with Gasteiger partial charge in [-0.2, -0.15) is 13.5 Å². The van der Waals surface area contributed by atoms with Gasteiger partial charge in [-0.05, 0) is 0 Å². The largest absolute Gasteiger partial charge is 1.00 e. The molecule has 0 saturated heterocycles. The minimum absolute atomic E-state index is 0. The Hall–Kier alpha value is 4.35. The Morgan fingerprint density at radius 2 is 0.600 bits per heavy atom. The van der Waals surface area contributed by atoms with Crippen molar-refractivity contribution in [2.75, 3.05) is 0 Å². The van der Waals surface area contributed by atoms with E-state index in [2.05, 4.69) is 0 Å². The molecule has 0 nitrogen and oxygen atoms in total. The fourth-order valence-corrected chi connectivity index (χ4v) is 0. The molecule has 0 bridgehead atoms. The average molecular weight is 130 g/mol. The Morgan fingerprint density at radius 1 is 0.600 bits per heavy atom. The van der Waals surface area contributed by atoms with Gasteiger partial charge >= 0.3 is 118 Å². The monoisotopic (exact) mass is 130 g/mol. The zero-order valence-corrected chi connectivity index (χ0v) is 13.5. The normalized spacial score (nSPS) is 0. The summed E-state index contributed by atoms with van der Waals surface area (Å²) in [6.45, 7) is 0. The van der Waals surface area contributed by atoms with Crippen molar-refractivity contribution in [2.24, 2.45) is 0 Å². The Morgan fingerprint density at radius 3 is 0.600 bits per heavy atom. The van der Waals surface area contributed by atoms with Gasteiger partial charge in [0.05, 0.1) is 0 Å². The van der Waals surface area contributed by atoms with E-state index in [0.29, 0.717) is 0 Å². The minimum Gasteiger partial charge on any atom is -1.00 e. The maximum Gasteiger partial charge on any atom is 1.00 e. The van der Waals surface area contributed by atoms with Gasteiger partial charge in [-0.25, -0.2) is 0 Å². The topological polar surface area (TPSA) is 0 Å². The van der Waals surface area contributed by atoms with Crippen LogP contribution in [0.2, 0.25) is 0 Å². The van der Waals surface area contributed by atoms with Crippen LogP contribution in [0.4, 0.5) is 0 Å². The van der Waals surface area contributed by atoms with Crippen LogP contribution in [0, 0.1) is 0 Å². The molecule has 0 unspecified atom stereocenters. The Bertz CT molecular complexity index is 12.5. The quantitative estimate of drug-likeness (QED) is 0.286. The van der Waals surface area contributed by atoms with E-state index in [0.717, 1.165) is 0 Å². The molecule has 0 radical (unpaired) electrons. The third-order valence-corrected chi connectivity index (χ3v) is 0. The zero-order chi connectivity index (χ0) is 0. The molecule has 0 N–H and O–H groups in total. The summed E-state index contributed by atoms with van der Waals surface area (Å²) in [5, 5.41) is 0. The summed E-state index contributed by atoms with van der Waals surface area (Å²) in [7, 11) is 0. The summed E-state index contributed by atoms with van der Waals surface area (Å²) in [4.78, 5) is 0. The molecule has 5 heavy (non-hydrogen) atoms. The molecule has 0 aromatic rings. The predicted molar refractivity (Wildman–Crippen MR) is 14.8 cm³/mol. The molecular weight excluding hydrogens is 124 g/mol. The number of hydrogen-bond acceptors (Lipinski definition) is 0. The van der Waals surface area contributed by atoms with Crippen molar-refractivity contribution in [3.05, 3.63) is 0 Å². The first kappa shape index (κ1) is 34.5. The van der Waals surface area contributed by atoms with E-state index in [1.165, 1.54) is 0 Å². The molecule has 0 aliphatic carbocycles. The van der Waals surface area contributed by atoms with Crippen LogP contribution in [0.3, 0.4) is 0 Å². The van der Waals surface area contributed by atoms with Crippen molar-refractivity contribution in [3.8, 4) is 0 Å². The molecule has 0 aromatic carbocycles. The van der Waals surface area contributed by atoms with Gasteiger partial charge in [-0.15, -0.1) is 0 Å². The molecule has 16 valence electrons. The summed E-state index contributed by atoms with van der Waals surface area (Å²) in [5.41, 5.74) is 0. The zero-order valence-electron chi connectivity index (χ0n) is 8.50. The average Bonchev–Trinajstić information content (AvgIpc) is 0. The van der Waals surface area contributed by atoms with Gasteiger partial charge in [-0.1, -0.05) is 0 Å². The maximum absolute atomic E-state index is 0. The SMILES string of the molecule is S.[H-].[H-].[H-].[H-].[Na+].[Na+].[Na+].[Na+]. The van der Waals surface area contributed by atoms with Gasteiger partial charge in [0.1, 0.15) is 0 Å². The standard InChI is InChI=1S/4Na.H2S.4H/h;;;;1H2;;;;/q4*+1;;4*-1. The number of hydrogen-bond donors (Lipinski definition) is 0. The van der Waals surface area contributed by atoms with E-state index < -0.39 is 0 Å². The van der Waals surface area contributed by atoms with Crippen LogP contribution in [0.15, 0.2) is 0 Å². The van der Waals surface area contributed by atoms with E-state index in [1.807, 2.05) is 0 Å². The molecule has 0 fully saturated rings. The van der Waals surface area contributed by atoms with Crippen LogP contribution in [0.1, 0.15) is 5.71 Å². The van der Waals surface area contributed by atoms with Gasteiger partial charge in [-0.3, -0.25) is 0 Å². The molecule has 0 atom stereocenters. The molecule has 0 saturated carbocycles. The van der Waals surface area contributed by atoms with E-state index >= 15 is 0 Å². The molecule has 0 aliphatic heterocycles. The fraction of sp³-hybridized carbons (Fsp3) is 0. The van der Waals surface area contributed by atoms with E-state index in [1.54, 1.807) is 0 Å². The summed E-state index contributed by atoms with van der Waals surface area (Å²) in [6, 6.07) is 0. The van der Waals surface area contributed by atoms with Crippen molar-refractivity contribution in [1.82, 2.24) is 0 Å². The Labute approximate surface area is 134 Å². The van der Waals surface area contributed by atoms with Crippen LogP contribution in [0.25, 0.3) is 0 Å². The van der Waals surface area contributed by atoms with Gasteiger partial charge < -0.3 is 5.71 Å². The molecule has 0 aromatic heterocycles. The van der Waals surface area contributed by atoms with E-state index in [9.17, 15) is 0 Å². The maximum atomic E-state index is 0. The van der Waals surface area contributed by atoms with Crippen LogP contribution < -0.4 is 118 Å². The summed E-state index contributed by atoms with van der Waals surface area (Å²) < 4.78 is 0. The van der Waals surface area contributed by atoms with Crippen LogP contribution in [0.5, 0.6) is 0 Å². The first-order chi connectivity index (χ1) is 0. The summed E-state index contributed by atoms with van der Waals surface area (Å²) in [5.74, 6) is 0. The molecule has 0 aliphatic rings. The Balaban J connectivity index is 0. The van der Waals surface area contributed by atoms with Crippen LogP contribution in [-0.4, -0.2) is 0 Å². The molecular formula is H6Na4S. The van der Waals surface area contributed by atoms with E-state index in [4.69, 9.17) is 0 Å². The molecule has 0 rings (SSSR count). The van der Waals surface area contributed by atoms with Crippen molar-refractivity contribution in [3.63, 3.8) is 0 Å². The first-order valence-electron chi connectivity index (χ1n) is 0. The second-order valence-corrected chi connectivity index (χ2v) is 0. The molecule has 0 spiro atoms. The van der Waals surface area contributed by atoms with Crippen molar-refractivity contribution < 1.29 is 124 Å². The smallest absolute Gasteiger partial charge is 1.00 e. The van der Waals surface area contributed by atoms with Gasteiger partial charge in [0.25, 0.3) is 0 Å². The summed E-state index contributed by atoms with van der Waals surface area (Å²) >= 11 is 0. The summed E-state index contributed by atoms with van der Waals surface area (Å²) in [6.07, 6.45) is 0. The second kappa shape index (κ2) is 23.8. The first-order valence-corrected chi connectivity index (χ1v) is 0. The molecule has 0 amide bonds. The van der Waals surface area contributed by atoms with Crippen LogP contribution in [-0.2, 0) is 0 Å². The van der Waals surface area contributed by atoms with Gasteiger partial charge in [0.15, 0.2) is 0 Å². The van der Waals surface area contributed by atoms with Gasteiger partial charge in [0, 0.05) is 0 Å². The van der Waals surface area contributed by atoms with Gasteiger partial charge in [0.2, 0.25) is 0 Å². The molecule has 0 heterocycles. The van der Waals surface area contributed by atoms with Crippen molar-refractivity contribution in [1.29, 1.82) is 0 Å². The number of rotatable bonds is 0. The third-order valence-electron chi connectivity index (χ3n) is 0. The second-order valence-electron chi connectivity index (χ2n) is 0. The van der Waals surface area contributed by atoms with E-state index in [-0.39, 0.29) is 137 Å². The van der Waals surface area contributed by atoms with Crippen LogP contribution >= 0.6 is 13.5 Å². The van der Waals surface area contributed by atoms with Crippen molar-refractivity contribution in [2.45, 2.75) is 0 Å². The predicted octanol–water partition coefficient (Wildman–Crippen LogP) is -11.4. The molecule has 5 heteroatoms.